The Labute approximate surface area is 484 Å². The van der Waals surface area contributed by atoms with E-state index in [2.05, 4.69) is 0 Å². The Morgan fingerprint density at radius 2 is 0.625 bits per heavy atom. The first-order chi connectivity index (χ1) is 46.4. The number of hydrogen-bond acceptors (Lipinski definition) is 4. The van der Waals surface area contributed by atoms with Gasteiger partial charge in [0.1, 0.15) is 33.5 Å². The SMILES string of the molecule is [2H]c1c([2H])c([2H])c2c(-c3cccc4c3oc3ccccc34)c3c([2H])c([2H])c([2H])c([2H])c3c(-c3ccc4c(c3)oc3ccccc34)c2c1[2H].[2H]c1c([2H])c([2H])c2c(-c3cccc4c3sc3ccccc34)c3c([2H])c([2H])c([2H])c([2H])c3c(-c3cccc4c3oc3ccccc34)c2c1[2H]. The summed E-state index contributed by atoms with van der Waals surface area (Å²) in [5.74, 6) is 0. The molecular formula is C76H44O3S. The second-order valence-corrected chi connectivity index (χ2v) is 20.7. The lowest BCUT2D eigenvalue weighted by Gasteiger charge is -2.18. The van der Waals surface area contributed by atoms with Crippen molar-refractivity contribution in [2.75, 3.05) is 0 Å². The molecule has 0 fully saturated rings. The van der Waals surface area contributed by atoms with Crippen molar-refractivity contribution in [3.05, 3.63) is 267 Å². The van der Waals surface area contributed by atoms with Gasteiger partial charge in [-0.1, -0.05) is 230 Å². The number of fused-ring (bicyclic) bond motifs is 16. The summed E-state index contributed by atoms with van der Waals surface area (Å²) in [5.41, 5.74) is 6.54. The highest BCUT2D eigenvalue weighted by Crippen LogP contribution is 2.51. The molecule has 0 radical (unpaired) electrons. The van der Waals surface area contributed by atoms with Gasteiger partial charge in [0, 0.05) is 80.3 Å². The number of benzene rings is 14. The van der Waals surface area contributed by atoms with Crippen LogP contribution in [0.15, 0.2) is 280 Å². The minimum atomic E-state index is -0.454. The fourth-order valence-corrected chi connectivity index (χ4v) is 13.3. The summed E-state index contributed by atoms with van der Waals surface area (Å²) in [6, 6.07) is 46.9. The fourth-order valence-electron chi connectivity index (χ4n) is 12.1. The number of para-hydroxylation sites is 5. The zero-order valence-electron chi connectivity index (χ0n) is 57.8. The molecule has 0 aliphatic heterocycles. The van der Waals surface area contributed by atoms with Crippen LogP contribution in [0, 0.1) is 0 Å². The summed E-state index contributed by atoms with van der Waals surface area (Å²) < 4.78 is 165. The summed E-state index contributed by atoms with van der Waals surface area (Å²) >= 11 is 1.54. The maximum Gasteiger partial charge on any atom is 0.143 e. The molecular weight excluding hydrogens is 993 g/mol. The highest BCUT2D eigenvalue weighted by atomic mass is 32.1. The zero-order valence-corrected chi connectivity index (χ0v) is 42.6. The van der Waals surface area contributed by atoms with Crippen molar-refractivity contribution in [1.29, 1.82) is 0 Å². The Morgan fingerprint density at radius 1 is 0.263 bits per heavy atom. The van der Waals surface area contributed by atoms with Crippen LogP contribution in [0.1, 0.15) is 21.9 Å². The summed E-state index contributed by atoms with van der Waals surface area (Å²) in [6.07, 6.45) is 0. The third kappa shape index (κ3) is 6.67. The molecule has 0 atom stereocenters. The monoisotopic (exact) mass is 1050 g/mol. The second-order valence-electron chi connectivity index (χ2n) is 19.7. The molecule has 4 aromatic heterocycles. The molecule has 0 aliphatic rings. The summed E-state index contributed by atoms with van der Waals surface area (Å²) in [4.78, 5) is 0. The molecule has 0 bridgehead atoms. The standard InChI is InChI=1S/C38H22O2.C38H22OS/c1-3-14-29-27(12-1)36(23-20-21-26-24-10-5-7-18-33(24)39-35(26)22-23)28-13-2-4-15-30(28)37(29)32-17-9-16-31-25-11-6-8-19-34(25)40-38(31)32;1-3-15-27-25(13-1)35(31-19-9-17-29-23-11-5-7-21-33(23)39-37(29)31)26-14-2-4-16-28(26)36(27)32-20-10-18-30-24-12-6-8-22-34(24)40-38(30)32/h2*1-22H/i1D,2D,3D,4D,12D,13D,14D,15D;1D,2D,3D,4D,13D,14D,15D,16D. The van der Waals surface area contributed by atoms with Crippen LogP contribution in [0.5, 0.6) is 0 Å². The van der Waals surface area contributed by atoms with Gasteiger partial charge in [0.05, 0.1) is 21.9 Å². The normalized spacial score (nSPS) is 14.8. The van der Waals surface area contributed by atoms with Gasteiger partial charge < -0.3 is 13.3 Å². The van der Waals surface area contributed by atoms with Crippen LogP contribution < -0.4 is 0 Å². The molecule has 0 saturated carbocycles. The molecule has 0 amide bonds. The average Bonchev–Trinajstić information content (AvgIpc) is 1.06. The minimum absolute atomic E-state index is 0.131. The van der Waals surface area contributed by atoms with E-state index in [1.165, 1.54) is 0 Å². The first kappa shape index (κ1) is 31.8. The first-order valence-corrected chi connectivity index (χ1v) is 26.7. The lowest BCUT2D eigenvalue weighted by molar-refractivity contribution is 0.669. The van der Waals surface area contributed by atoms with Gasteiger partial charge in [-0.25, -0.2) is 0 Å². The van der Waals surface area contributed by atoms with E-state index in [1.807, 2.05) is 146 Å². The Balaban J connectivity index is 0.000000145. The third-order valence-electron chi connectivity index (χ3n) is 15.4. The van der Waals surface area contributed by atoms with Crippen LogP contribution >= 0.6 is 11.3 Å². The average molecular weight is 1050 g/mol. The minimum Gasteiger partial charge on any atom is -0.456 e. The summed E-state index contributed by atoms with van der Waals surface area (Å²) in [5, 5.41) is 8.24. The van der Waals surface area contributed by atoms with E-state index in [4.69, 9.17) is 24.2 Å². The maximum atomic E-state index is 9.33. The van der Waals surface area contributed by atoms with Crippen LogP contribution in [0.3, 0.4) is 0 Å². The zero-order chi connectivity index (χ0) is 66.3. The van der Waals surface area contributed by atoms with Gasteiger partial charge in [-0.3, -0.25) is 0 Å². The van der Waals surface area contributed by atoms with Crippen molar-refractivity contribution in [1.82, 2.24) is 0 Å². The predicted molar refractivity (Wildman–Crippen MR) is 339 cm³/mol. The molecule has 0 spiro atoms. The molecule has 0 N–H and O–H groups in total. The van der Waals surface area contributed by atoms with Gasteiger partial charge in [-0.15, -0.1) is 11.3 Å². The lowest BCUT2D eigenvalue weighted by Crippen LogP contribution is -1.91. The van der Waals surface area contributed by atoms with E-state index < -0.39 is 48.3 Å². The molecule has 14 aromatic carbocycles. The van der Waals surface area contributed by atoms with E-state index in [1.54, 1.807) is 35.6 Å². The highest BCUT2D eigenvalue weighted by molar-refractivity contribution is 7.26. The second kappa shape index (κ2) is 17.6. The van der Waals surface area contributed by atoms with Crippen molar-refractivity contribution in [3.63, 3.8) is 0 Å². The van der Waals surface area contributed by atoms with Crippen molar-refractivity contribution in [3.8, 4) is 44.5 Å². The van der Waals surface area contributed by atoms with Crippen molar-refractivity contribution < 1.29 is 35.2 Å². The molecule has 372 valence electrons. The molecule has 18 aromatic rings. The van der Waals surface area contributed by atoms with Gasteiger partial charge in [0.15, 0.2) is 0 Å². The molecule has 0 aliphatic carbocycles. The number of hydrogen-bond donors (Lipinski definition) is 0. The number of furan rings is 3. The Hall–Kier alpha value is -10.3. The van der Waals surface area contributed by atoms with E-state index >= 15 is 0 Å². The van der Waals surface area contributed by atoms with Crippen LogP contribution in [0.4, 0.5) is 0 Å². The molecule has 3 nitrogen and oxygen atoms in total. The van der Waals surface area contributed by atoms with Gasteiger partial charge in [0.25, 0.3) is 0 Å². The van der Waals surface area contributed by atoms with Crippen molar-refractivity contribution >= 4 is 140 Å². The van der Waals surface area contributed by atoms with Crippen molar-refractivity contribution in [2.24, 2.45) is 0 Å². The highest BCUT2D eigenvalue weighted by Gasteiger charge is 2.24. The van der Waals surface area contributed by atoms with Gasteiger partial charge in [0.2, 0.25) is 0 Å². The van der Waals surface area contributed by atoms with Gasteiger partial charge in [-0.2, -0.15) is 0 Å². The van der Waals surface area contributed by atoms with Crippen LogP contribution in [-0.2, 0) is 0 Å². The molecule has 4 heterocycles. The Morgan fingerprint density at radius 3 is 1.12 bits per heavy atom. The predicted octanol–water partition coefficient (Wildman–Crippen LogP) is 22.7. The van der Waals surface area contributed by atoms with Crippen molar-refractivity contribution in [2.45, 2.75) is 0 Å². The fraction of sp³-hybridized carbons (Fsp3) is 0. The first-order valence-electron chi connectivity index (χ1n) is 33.9. The molecule has 4 heteroatoms. The Bertz CT molecular complexity index is 6200. The summed E-state index contributed by atoms with van der Waals surface area (Å²) in [7, 11) is 0. The lowest BCUT2D eigenvalue weighted by atomic mass is 9.85. The number of rotatable bonds is 4. The van der Waals surface area contributed by atoms with E-state index in [0.29, 0.717) is 61.3 Å². The van der Waals surface area contributed by atoms with Gasteiger partial charge in [-0.05, 0) is 96.2 Å². The topological polar surface area (TPSA) is 39.4 Å². The maximum absolute atomic E-state index is 9.33. The van der Waals surface area contributed by atoms with Crippen LogP contribution in [0.25, 0.3) is 174 Å². The Kier molecular flexibility index (Phi) is 7.02. The van der Waals surface area contributed by atoms with Crippen LogP contribution in [-0.4, -0.2) is 0 Å². The van der Waals surface area contributed by atoms with Crippen LogP contribution in [0.2, 0.25) is 0 Å². The largest absolute Gasteiger partial charge is 0.456 e. The molecule has 0 unspecified atom stereocenters. The molecule has 0 saturated heterocycles. The molecule has 80 heavy (non-hydrogen) atoms. The van der Waals surface area contributed by atoms with Gasteiger partial charge >= 0.3 is 0 Å². The third-order valence-corrected chi connectivity index (χ3v) is 16.7. The van der Waals surface area contributed by atoms with E-state index in [9.17, 15) is 11.0 Å². The molecule has 18 rings (SSSR count). The van der Waals surface area contributed by atoms with E-state index in [-0.39, 0.29) is 108 Å². The quantitative estimate of drug-likeness (QED) is 0.165. The van der Waals surface area contributed by atoms with E-state index in [0.717, 1.165) is 52.5 Å². The number of thiophene rings is 1. The summed E-state index contributed by atoms with van der Waals surface area (Å²) in [6.45, 7) is 0. The smallest absolute Gasteiger partial charge is 0.143 e.